The summed E-state index contributed by atoms with van der Waals surface area (Å²) in [5.74, 6) is 1.92. The SMILES string of the molecule is Cc1ccccc1-c1noc(CN2CCC(C(C)N)C2)n1. The molecular formula is C16H22N4O. The first kappa shape index (κ1) is 14.2. The van der Waals surface area contributed by atoms with E-state index < -0.39 is 0 Å². The van der Waals surface area contributed by atoms with Crippen LogP contribution in [0.15, 0.2) is 28.8 Å². The van der Waals surface area contributed by atoms with Crippen molar-refractivity contribution in [3.05, 3.63) is 35.7 Å². The van der Waals surface area contributed by atoms with Crippen LogP contribution in [0, 0.1) is 12.8 Å². The maximum atomic E-state index is 5.97. The molecule has 21 heavy (non-hydrogen) atoms. The number of likely N-dealkylation sites (tertiary alicyclic amines) is 1. The molecule has 0 bridgehead atoms. The molecule has 1 fully saturated rings. The van der Waals surface area contributed by atoms with Crippen LogP contribution in [0.4, 0.5) is 0 Å². The van der Waals surface area contributed by atoms with Gasteiger partial charge in [-0.25, -0.2) is 0 Å². The molecule has 0 saturated carbocycles. The minimum absolute atomic E-state index is 0.250. The second-order valence-electron chi connectivity index (χ2n) is 5.97. The number of benzene rings is 1. The Balaban J connectivity index is 1.68. The van der Waals surface area contributed by atoms with Crippen LogP contribution in [0.5, 0.6) is 0 Å². The molecule has 2 heterocycles. The predicted molar refractivity (Wildman–Crippen MR) is 81.5 cm³/mol. The Bertz CT molecular complexity index is 608. The Kier molecular flexibility index (Phi) is 4.03. The van der Waals surface area contributed by atoms with E-state index in [1.54, 1.807) is 0 Å². The molecule has 2 N–H and O–H groups in total. The molecule has 1 aromatic carbocycles. The molecule has 0 radical (unpaired) electrons. The molecule has 5 nitrogen and oxygen atoms in total. The highest BCUT2D eigenvalue weighted by Gasteiger charge is 2.26. The van der Waals surface area contributed by atoms with Gasteiger partial charge in [-0.1, -0.05) is 29.4 Å². The Morgan fingerprint density at radius 1 is 1.43 bits per heavy atom. The van der Waals surface area contributed by atoms with Gasteiger partial charge in [0.1, 0.15) is 0 Å². The number of hydrogen-bond donors (Lipinski definition) is 1. The van der Waals surface area contributed by atoms with E-state index in [-0.39, 0.29) is 6.04 Å². The fourth-order valence-corrected chi connectivity index (χ4v) is 2.88. The van der Waals surface area contributed by atoms with E-state index in [9.17, 15) is 0 Å². The van der Waals surface area contributed by atoms with Crippen molar-refractivity contribution in [3.63, 3.8) is 0 Å². The Morgan fingerprint density at radius 2 is 2.24 bits per heavy atom. The molecule has 5 heteroatoms. The number of nitrogens with zero attached hydrogens (tertiary/aromatic N) is 3. The van der Waals surface area contributed by atoms with Crippen molar-refractivity contribution in [2.45, 2.75) is 32.9 Å². The molecule has 0 aliphatic carbocycles. The van der Waals surface area contributed by atoms with Gasteiger partial charge in [-0.2, -0.15) is 4.98 Å². The summed E-state index contributed by atoms with van der Waals surface area (Å²) in [5, 5.41) is 4.11. The third-order valence-electron chi connectivity index (χ3n) is 4.27. The zero-order valence-corrected chi connectivity index (χ0v) is 12.6. The lowest BCUT2D eigenvalue weighted by Crippen LogP contribution is -2.29. The first-order chi connectivity index (χ1) is 10.1. The second kappa shape index (κ2) is 5.95. The third kappa shape index (κ3) is 3.14. The first-order valence-corrected chi connectivity index (χ1v) is 7.50. The van der Waals surface area contributed by atoms with E-state index in [1.165, 1.54) is 0 Å². The van der Waals surface area contributed by atoms with Gasteiger partial charge in [-0.05, 0) is 38.3 Å². The fourth-order valence-electron chi connectivity index (χ4n) is 2.88. The second-order valence-corrected chi connectivity index (χ2v) is 5.97. The summed E-state index contributed by atoms with van der Waals surface area (Å²) in [5.41, 5.74) is 8.16. The average Bonchev–Trinajstić information content (AvgIpc) is 3.09. The van der Waals surface area contributed by atoms with Crippen molar-refractivity contribution in [1.29, 1.82) is 0 Å². The molecule has 112 valence electrons. The Hall–Kier alpha value is -1.72. The van der Waals surface area contributed by atoms with Crippen LogP contribution >= 0.6 is 0 Å². The van der Waals surface area contributed by atoms with Gasteiger partial charge in [0.2, 0.25) is 11.7 Å². The fraction of sp³-hybridized carbons (Fsp3) is 0.500. The minimum Gasteiger partial charge on any atom is -0.338 e. The highest BCUT2D eigenvalue weighted by Crippen LogP contribution is 2.23. The van der Waals surface area contributed by atoms with Crippen LogP contribution in [0.1, 0.15) is 24.8 Å². The van der Waals surface area contributed by atoms with E-state index in [0.717, 1.165) is 30.6 Å². The number of aryl methyl sites for hydroxylation is 1. The van der Waals surface area contributed by atoms with Crippen LogP contribution in [0.25, 0.3) is 11.4 Å². The quantitative estimate of drug-likeness (QED) is 0.933. The summed E-state index contributed by atoms with van der Waals surface area (Å²) < 4.78 is 5.40. The van der Waals surface area contributed by atoms with Gasteiger partial charge in [0.25, 0.3) is 0 Å². The normalized spacial score (nSPS) is 20.8. The summed E-state index contributed by atoms with van der Waals surface area (Å²) >= 11 is 0. The summed E-state index contributed by atoms with van der Waals surface area (Å²) in [7, 11) is 0. The summed E-state index contributed by atoms with van der Waals surface area (Å²) in [4.78, 5) is 6.86. The summed E-state index contributed by atoms with van der Waals surface area (Å²) in [6.45, 7) is 6.91. The molecule has 0 amide bonds. The molecule has 1 aliphatic rings. The third-order valence-corrected chi connectivity index (χ3v) is 4.27. The molecule has 0 spiro atoms. The number of nitrogens with two attached hydrogens (primary N) is 1. The lowest BCUT2D eigenvalue weighted by molar-refractivity contribution is 0.257. The van der Waals surface area contributed by atoms with Gasteiger partial charge < -0.3 is 10.3 Å². The Labute approximate surface area is 125 Å². The van der Waals surface area contributed by atoms with Gasteiger partial charge in [0.05, 0.1) is 6.54 Å². The van der Waals surface area contributed by atoms with Crippen LogP contribution in [0.2, 0.25) is 0 Å². The van der Waals surface area contributed by atoms with Crippen LogP contribution in [0.3, 0.4) is 0 Å². The van der Waals surface area contributed by atoms with Crippen LogP contribution in [-0.2, 0) is 6.54 Å². The van der Waals surface area contributed by atoms with Crippen molar-refractivity contribution >= 4 is 0 Å². The largest absolute Gasteiger partial charge is 0.338 e. The lowest BCUT2D eigenvalue weighted by Gasteiger charge is -2.15. The molecule has 2 aromatic rings. The van der Waals surface area contributed by atoms with E-state index in [4.69, 9.17) is 10.3 Å². The zero-order valence-electron chi connectivity index (χ0n) is 12.6. The molecule has 1 aliphatic heterocycles. The molecule has 1 aromatic heterocycles. The predicted octanol–water partition coefficient (Wildman–Crippen LogP) is 2.21. The highest BCUT2D eigenvalue weighted by atomic mass is 16.5. The lowest BCUT2D eigenvalue weighted by atomic mass is 10.0. The van der Waals surface area contributed by atoms with Gasteiger partial charge in [-0.3, -0.25) is 4.90 Å². The van der Waals surface area contributed by atoms with E-state index in [1.807, 2.05) is 18.2 Å². The van der Waals surface area contributed by atoms with Gasteiger partial charge >= 0.3 is 0 Å². The van der Waals surface area contributed by atoms with Gasteiger partial charge in [0, 0.05) is 18.2 Å². The van der Waals surface area contributed by atoms with Crippen molar-refractivity contribution in [1.82, 2.24) is 15.0 Å². The van der Waals surface area contributed by atoms with Crippen LogP contribution in [-0.4, -0.2) is 34.2 Å². The monoisotopic (exact) mass is 286 g/mol. The minimum atomic E-state index is 0.250. The summed E-state index contributed by atoms with van der Waals surface area (Å²) in [6.07, 6.45) is 1.15. The Morgan fingerprint density at radius 3 is 2.95 bits per heavy atom. The van der Waals surface area contributed by atoms with Gasteiger partial charge in [-0.15, -0.1) is 0 Å². The maximum absolute atomic E-state index is 5.97. The smallest absolute Gasteiger partial charge is 0.241 e. The molecule has 2 atom stereocenters. The van der Waals surface area contributed by atoms with Crippen molar-refractivity contribution in [3.8, 4) is 11.4 Å². The van der Waals surface area contributed by atoms with Crippen molar-refractivity contribution in [2.75, 3.05) is 13.1 Å². The maximum Gasteiger partial charge on any atom is 0.241 e. The number of hydrogen-bond acceptors (Lipinski definition) is 5. The topological polar surface area (TPSA) is 68.2 Å². The number of aromatic nitrogens is 2. The van der Waals surface area contributed by atoms with Crippen LogP contribution < -0.4 is 5.73 Å². The average molecular weight is 286 g/mol. The van der Waals surface area contributed by atoms with Crippen molar-refractivity contribution < 1.29 is 4.52 Å². The zero-order chi connectivity index (χ0) is 14.8. The van der Waals surface area contributed by atoms with Gasteiger partial charge in [0.15, 0.2) is 0 Å². The van der Waals surface area contributed by atoms with E-state index in [0.29, 0.717) is 24.2 Å². The van der Waals surface area contributed by atoms with E-state index in [2.05, 4.69) is 35.0 Å². The molecule has 2 unspecified atom stereocenters. The first-order valence-electron chi connectivity index (χ1n) is 7.50. The molecular weight excluding hydrogens is 264 g/mol. The standard InChI is InChI=1S/C16H22N4O/c1-11-5-3-4-6-14(11)16-18-15(21-19-16)10-20-8-7-13(9-20)12(2)17/h3-6,12-13H,7-10,17H2,1-2H3. The number of rotatable bonds is 4. The van der Waals surface area contributed by atoms with E-state index >= 15 is 0 Å². The summed E-state index contributed by atoms with van der Waals surface area (Å²) in [6, 6.07) is 8.33. The molecule has 1 saturated heterocycles. The molecule has 3 rings (SSSR count). The van der Waals surface area contributed by atoms with Crippen molar-refractivity contribution in [2.24, 2.45) is 11.7 Å². The highest BCUT2D eigenvalue weighted by molar-refractivity contribution is 5.58.